The number of hydrogen-bond acceptors (Lipinski definition) is 4. The van der Waals surface area contributed by atoms with E-state index in [0.717, 1.165) is 11.3 Å². The van der Waals surface area contributed by atoms with Gasteiger partial charge >= 0.3 is 0 Å². The molecule has 0 N–H and O–H groups in total. The molecule has 20 heavy (non-hydrogen) atoms. The molecule has 0 aromatic carbocycles. The lowest BCUT2D eigenvalue weighted by Gasteiger charge is -2.14. The average Bonchev–Trinajstić information content (AvgIpc) is 2.89. The SMILES string of the molecule is C#CC1CC(=O)N(c2nccc(-c3ccncc3)n2)C1. The number of terminal acetylenes is 1. The van der Waals surface area contributed by atoms with Crippen molar-refractivity contribution in [1.82, 2.24) is 15.0 Å². The van der Waals surface area contributed by atoms with E-state index >= 15 is 0 Å². The highest BCUT2D eigenvalue weighted by atomic mass is 16.2. The van der Waals surface area contributed by atoms with Crippen LogP contribution >= 0.6 is 0 Å². The third-order valence-electron chi connectivity index (χ3n) is 3.22. The smallest absolute Gasteiger partial charge is 0.232 e. The lowest BCUT2D eigenvalue weighted by Crippen LogP contribution is -2.26. The second-order valence-corrected chi connectivity index (χ2v) is 4.55. The van der Waals surface area contributed by atoms with Gasteiger partial charge in [-0.15, -0.1) is 12.3 Å². The molecule has 3 rings (SSSR count). The topological polar surface area (TPSA) is 59.0 Å². The van der Waals surface area contributed by atoms with Gasteiger partial charge in [0.1, 0.15) is 0 Å². The highest BCUT2D eigenvalue weighted by Crippen LogP contribution is 2.23. The summed E-state index contributed by atoms with van der Waals surface area (Å²) in [5.41, 5.74) is 1.69. The van der Waals surface area contributed by atoms with Crippen LogP contribution in [0.25, 0.3) is 11.3 Å². The van der Waals surface area contributed by atoms with Gasteiger partial charge in [-0.05, 0) is 18.2 Å². The molecule has 5 nitrogen and oxygen atoms in total. The number of carbonyl (C=O) groups excluding carboxylic acids is 1. The van der Waals surface area contributed by atoms with Crippen molar-refractivity contribution < 1.29 is 4.79 Å². The van der Waals surface area contributed by atoms with Crippen molar-refractivity contribution in [2.24, 2.45) is 5.92 Å². The molecule has 2 aromatic heterocycles. The van der Waals surface area contributed by atoms with Crippen LogP contribution in [0.15, 0.2) is 36.8 Å². The molecule has 1 atom stereocenters. The summed E-state index contributed by atoms with van der Waals surface area (Å²) in [7, 11) is 0. The fourth-order valence-electron chi connectivity index (χ4n) is 2.17. The molecule has 1 aliphatic heterocycles. The molecule has 0 aliphatic carbocycles. The third-order valence-corrected chi connectivity index (χ3v) is 3.22. The molecule has 0 radical (unpaired) electrons. The van der Waals surface area contributed by atoms with E-state index in [9.17, 15) is 4.79 Å². The first-order valence-corrected chi connectivity index (χ1v) is 6.28. The van der Waals surface area contributed by atoms with Gasteiger partial charge in [-0.3, -0.25) is 14.7 Å². The number of nitrogens with zero attached hydrogens (tertiary/aromatic N) is 4. The molecule has 1 unspecified atom stereocenters. The maximum atomic E-state index is 11.9. The largest absolute Gasteiger partial charge is 0.279 e. The van der Waals surface area contributed by atoms with Gasteiger partial charge in [0.05, 0.1) is 5.69 Å². The van der Waals surface area contributed by atoms with Gasteiger partial charge < -0.3 is 0 Å². The normalized spacial score (nSPS) is 18.1. The third kappa shape index (κ3) is 2.24. The number of carbonyl (C=O) groups is 1. The minimum absolute atomic E-state index is 0.0279. The zero-order valence-electron chi connectivity index (χ0n) is 10.7. The van der Waals surface area contributed by atoms with E-state index < -0.39 is 0 Å². The molecular formula is C15H12N4O. The standard InChI is InChI=1S/C15H12N4O/c1-2-11-9-14(20)19(10-11)15-17-8-5-13(18-15)12-3-6-16-7-4-12/h1,3-8,11H,9-10H2. The summed E-state index contributed by atoms with van der Waals surface area (Å²) in [6, 6.07) is 5.53. The van der Waals surface area contributed by atoms with Crippen molar-refractivity contribution in [3.05, 3.63) is 36.8 Å². The van der Waals surface area contributed by atoms with Crippen molar-refractivity contribution >= 4 is 11.9 Å². The zero-order chi connectivity index (χ0) is 13.9. The number of anilines is 1. The van der Waals surface area contributed by atoms with E-state index in [2.05, 4.69) is 20.9 Å². The molecule has 1 saturated heterocycles. The van der Waals surface area contributed by atoms with Crippen LogP contribution in [0, 0.1) is 18.3 Å². The first-order chi connectivity index (χ1) is 9.78. The molecule has 0 saturated carbocycles. The van der Waals surface area contributed by atoms with Gasteiger partial charge in [-0.2, -0.15) is 0 Å². The first-order valence-electron chi connectivity index (χ1n) is 6.28. The Hall–Kier alpha value is -2.74. The Balaban J connectivity index is 1.93. The van der Waals surface area contributed by atoms with Crippen molar-refractivity contribution in [3.63, 3.8) is 0 Å². The predicted octanol–water partition coefficient (Wildman–Crippen LogP) is 1.52. The fraction of sp³-hybridized carbons (Fsp3) is 0.200. The molecule has 2 aromatic rings. The van der Waals surface area contributed by atoms with Gasteiger partial charge in [-0.25, -0.2) is 9.97 Å². The molecule has 0 spiro atoms. The van der Waals surface area contributed by atoms with Crippen LogP contribution in [-0.4, -0.2) is 27.4 Å². The molecule has 5 heteroatoms. The van der Waals surface area contributed by atoms with Crippen LogP contribution in [-0.2, 0) is 4.79 Å². The van der Waals surface area contributed by atoms with E-state index in [4.69, 9.17) is 6.42 Å². The summed E-state index contributed by atoms with van der Waals surface area (Å²) < 4.78 is 0. The number of hydrogen-bond donors (Lipinski definition) is 0. The molecule has 1 fully saturated rings. The van der Waals surface area contributed by atoms with Crippen molar-refractivity contribution in [3.8, 4) is 23.6 Å². The van der Waals surface area contributed by atoms with Gasteiger partial charge in [0.15, 0.2) is 0 Å². The van der Waals surface area contributed by atoms with E-state index in [1.807, 2.05) is 12.1 Å². The number of amides is 1. The summed E-state index contributed by atoms with van der Waals surface area (Å²) in [6.45, 7) is 0.481. The highest BCUT2D eigenvalue weighted by molar-refractivity contribution is 5.94. The second kappa shape index (κ2) is 5.10. The van der Waals surface area contributed by atoms with Gasteiger partial charge in [0.2, 0.25) is 11.9 Å². The summed E-state index contributed by atoms with van der Waals surface area (Å²) in [5, 5.41) is 0. The predicted molar refractivity (Wildman–Crippen MR) is 74.6 cm³/mol. The highest BCUT2D eigenvalue weighted by Gasteiger charge is 2.31. The van der Waals surface area contributed by atoms with Crippen molar-refractivity contribution in [2.75, 3.05) is 11.4 Å². The monoisotopic (exact) mass is 264 g/mol. The summed E-state index contributed by atoms with van der Waals surface area (Å²) >= 11 is 0. The summed E-state index contributed by atoms with van der Waals surface area (Å²) in [5.74, 6) is 2.93. The van der Waals surface area contributed by atoms with E-state index in [0.29, 0.717) is 18.9 Å². The van der Waals surface area contributed by atoms with E-state index in [-0.39, 0.29) is 11.8 Å². The van der Waals surface area contributed by atoms with Crippen molar-refractivity contribution in [2.45, 2.75) is 6.42 Å². The quantitative estimate of drug-likeness (QED) is 0.772. The van der Waals surface area contributed by atoms with Crippen LogP contribution in [0.1, 0.15) is 6.42 Å². The van der Waals surface area contributed by atoms with Crippen LogP contribution in [0.2, 0.25) is 0 Å². The Bertz CT molecular complexity index is 678. The molecule has 1 aliphatic rings. The Morgan fingerprint density at radius 2 is 2.05 bits per heavy atom. The molecule has 98 valence electrons. The summed E-state index contributed by atoms with van der Waals surface area (Å²) in [6.07, 6.45) is 10.8. The Labute approximate surface area is 116 Å². The number of aromatic nitrogens is 3. The zero-order valence-corrected chi connectivity index (χ0v) is 10.7. The molecular weight excluding hydrogens is 252 g/mol. The van der Waals surface area contributed by atoms with Gasteiger partial charge in [0, 0.05) is 43.0 Å². The minimum Gasteiger partial charge on any atom is -0.279 e. The second-order valence-electron chi connectivity index (χ2n) is 4.55. The molecule has 1 amide bonds. The van der Waals surface area contributed by atoms with Gasteiger partial charge in [-0.1, -0.05) is 0 Å². The average molecular weight is 264 g/mol. The lowest BCUT2D eigenvalue weighted by atomic mass is 10.1. The van der Waals surface area contributed by atoms with Crippen LogP contribution in [0.5, 0.6) is 0 Å². The molecule has 0 bridgehead atoms. The van der Waals surface area contributed by atoms with Crippen LogP contribution in [0.4, 0.5) is 5.95 Å². The molecule has 3 heterocycles. The summed E-state index contributed by atoms with van der Waals surface area (Å²) in [4.78, 5) is 26.1. The van der Waals surface area contributed by atoms with Crippen molar-refractivity contribution in [1.29, 1.82) is 0 Å². The number of rotatable bonds is 2. The van der Waals surface area contributed by atoms with Crippen LogP contribution < -0.4 is 4.90 Å². The number of pyridine rings is 1. The minimum atomic E-state index is -0.0596. The Kier molecular flexibility index (Phi) is 3.13. The fourth-order valence-corrected chi connectivity index (χ4v) is 2.17. The first kappa shape index (κ1) is 12.3. The Morgan fingerprint density at radius 3 is 2.75 bits per heavy atom. The Morgan fingerprint density at radius 1 is 1.25 bits per heavy atom. The maximum absolute atomic E-state index is 11.9. The van der Waals surface area contributed by atoms with E-state index in [1.165, 1.54) is 0 Å². The lowest BCUT2D eigenvalue weighted by molar-refractivity contribution is -0.117. The maximum Gasteiger partial charge on any atom is 0.232 e. The van der Waals surface area contributed by atoms with Crippen LogP contribution in [0.3, 0.4) is 0 Å². The van der Waals surface area contributed by atoms with Gasteiger partial charge in [0.25, 0.3) is 0 Å². The van der Waals surface area contributed by atoms with E-state index in [1.54, 1.807) is 29.6 Å².